The summed E-state index contributed by atoms with van der Waals surface area (Å²) in [5.41, 5.74) is 6.70. The molecule has 0 saturated heterocycles. The van der Waals surface area contributed by atoms with Crippen LogP contribution in [0.25, 0.3) is 0 Å². The molecule has 6 heteroatoms. The smallest absolute Gasteiger partial charge is 0.347 e. The van der Waals surface area contributed by atoms with E-state index in [1.165, 1.54) is 0 Å². The molecule has 0 aromatic heterocycles. The molecular weight excluding hydrogens is 270 g/mol. The Morgan fingerprint density at radius 3 is 2.84 bits per heavy atom. The van der Waals surface area contributed by atoms with Crippen molar-refractivity contribution in [3.63, 3.8) is 0 Å². The first-order chi connectivity index (χ1) is 8.65. The van der Waals surface area contributed by atoms with E-state index < -0.39 is 6.10 Å². The van der Waals surface area contributed by atoms with Gasteiger partial charge in [0.25, 0.3) is 0 Å². The summed E-state index contributed by atoms with van der Waals surface area (Å²) in [6, 6.07) is 5.07. The van der Waals surface area contributed by atoms with Gasteiger partial charge in [-0.2, -0.15) is 0 Å². The van der Waals surface area contributed by atoms with Crippen LogP contribution in [0.15, 0.2) is 18.2 Å². The van der Waals surface area contributed by atoms with Crippen molar-refractivity contribution in [2.24, 2.45) is 5.73 Å². The summed E-state index contributed by atoms with van der Waals surface area (Å²) in [4.78, 5) is 23.0. The van der Waals surface area contributed by atoms with Crippen molar-refractivity contribution in [2.75, 3.05) is 13.2 Å². The van der Waals surface area contributed by atoms with Crippen molar-refractivity contribution in [3.8, 4) is 5.75 Å². The molecule has 0 bridgehead atoms. The van der Waals surface area contributed by atoms with Crippen molar-refractivity contribution in [1.82, 2.24) is 0 Å². The Bertz CT molecular complexity index is 490. The van der Waals surface area contributed by atoms with Gasteiger partial charge in [0.1, 0.15) is 5.75 Å². The number of ketones is 1. The third-order valence-electron chi connectivity index (χ3n) is 2.79. The predicted molar refractivity (Wildman–Crippen MR) is 71.8 cm³/mol. The van der Waals surface area contributed by atoms with Crippen molar-refractivity contribution < 1.29 is 19.1 Å². The van der Waals surface area contributed by atoms with Crippen LogP contribution in [-0.2, 0) is 16.0 Å². The highest BCUT2D eigenvalue weighted by molar-refractivity contribution is 5.98. The number of halogens is 1. The van der Waals surface area contributed by atoms with Crippen LogP contribution in [0.5, 0.6) is 5.75 Å². The molecule has 0 radical (unpaired) electrons. The highest BCUT2D eigenvalue weighted by Gasteiger charge is 2.30. The first-order valence-corrected chi connectivity index (χ1v) is 5.85. The molecule has 1 aromatic carbocycles. The van der Waals surface area contributed by atoms with E-state index in [0.29, 0.717) is 24.3 Å². The Hall–Kier alpha value is -1.59. The topological polar surface area (TPSA) is 78.6 Å². The van der Waals surface area contributed by atoms with Gasteiger partial charge in [-0.25, -0.2) is 4.79 Å². The molecule has 104 valence electrons. The summed E-state index contributed by atoms with van der Waals surface area (Å²) >= 11 is 0. The molecule has 0 spiro atoms. The maximum Gasteiger partial charge on any atom is 0.347 e. The van der Waals surface area contributed by atoms with Gasteiger partial charge in [-0.1, -0.05) is 0 Å². The van der Waals surface area contributed by atoms with E-state index >= 15 is 0 Å². The van der Waals surface area contributed by atoms with Gasteiger partial charge in [-0.05, 0) is 30.7 Å². The molecule has 0 fully saturated rings. The average molecular weight is 286 g/mol. The molecular formula is C13H16ClNO4. The number of hydrogen-bond donors (Lipinski definition) is 1. The van der Waals surface area contributed by atoms with Crippen molar-refractivity contribution in [3.05, 3.63) is 29.3 Å². The minimum atomic E-state index is -0.608. The molecule has 2 rings (SSSR count). The van der Waals surface area contributed by atoms with Crippen LogP contribution < -0.4 is 10.5 Å². The number of carbonyl (C=O) groups excluding carboxylic acids is 2. The zero-order chi connectivity index (χ0) is 13.1. The molecule has 0 amide bonds. The minimum Gasteiger partial charge on any atom is -0.478 e. The number of rotatable bonds is 4. The number of benzene rings is 1. The van der Waals surface area contributed by atoms with Crippen LogP contribution in [0.2, 0.25) is 0 Å². The van der Waals surface area contributed by atoms with Gasteiger partial charge in [0.2, 0.25) is 0 Å². The van der Waals surface area contributed by atoms with Crippen LogP contribution in [0.4, 0.5) is 0 Å². The quantitative estimate of drug-likeness (QED) is 0.662. The summed E-state index contributed by atoms with van der Waals surface area (Å²) in [6.45, 7) is 2.05. The lowest BCUT2D eigenvalue weighted by molar-refractivity contribution is -0.150. The summed E-state index contributed by atoms with van der Waals surface area (Å²) in [5.74, 6) is 0.124. The molecule has 0 saturated carbocycles. The van der Waals surface area contributed by atoms with Crippen LogP contribution in [0.1, 0.15) is 22.8 Å². The van der Waals surface area contributed by atoms with Gasteiger partial charge in [0, 0.05) is 12.0 Å². The molecule has 5 nitrogen and oxygen atoms in total. The first-order valence-electron chi connectivity index (χ1n) is 5.85. The lowest BCUT2D eigenvalue weighted by atomic mass is 10.0. The van der Waals surface area contributed by atoms with Crippen LogP contribution >= 0.6 is 12.4 Å². The lowest BCUT2D eigenvalue weighted by Crippen LogP contribution is -2.27. The molecule has 1 aliphatic rings. The highest BCUT2D eigenvalue weighted by atomic mass is 35.5. The highest BCUT2D eigenvalue weighted by Crippen LogP contribution is 2.30. The Balaban J connectivity index is 0.00000180. The molecule has 1 aromatic rings. The number of Topliss-reactive ketones (excluding diaryl/α,β-unsaturated/α-hetero) is 1. The fourth-order valence-corrected chi connectivity index (χ4v) is 1.91. The third-order valence-corrected chi connectivity index (χ3v) is 2.79. The van der Waals surface area contributed by atoms with Crippen LogP contribution in [0, 0.1) is 0 Å². The summed E-state index contributed by atoms with van der Waals surface area (Å²) in [7, 11) is 0. The fraction of sp³-hybridized carbons (Fsp3) is 0.385. The number of ether oxygens (including phenoxy) is 2. The Morgan fingerprint density at radius 1 is 1.47 bits per heavy atom. The lowest BCUT2D eigenvalue weighted by Gasteiger charge is -2.08. The van der Waals surface area contributed by atoms with Gasteiger partial charge < -0.3 is 15.2 Å². The second-order valence-corrected chi connectivity index (χ2v) is 4.01. The van der Waals surface area contributed by atoms with Gasteiger partial charge in [-0.15, -0.1) is 12.4 Å². The summed E-state index contributed by atoms with van der Waals surface area (Å²) in [6.07, 6.45) is -0.178. The zero-order valence-electron chi connectivity index (χ0n) is 10.5. The van der Waals surface area contributed by atoms with E-state index in [4.69, 9.17) is 15.2 Å². The standard InChI is InChI=1S/C13H15NO4.ClH/c1-2-17-13(16)12-6-9-5-8(10(15)7-14)3-4-11(9)18-12;/h3-5,12H,2,6-7,14H2,1H3;1H. The monoisotopic (exact) mass is 285 g/mol. The molecule has 0 aliphatic carbocycles. The normalized spacial score (nSPS) is 16.0. The number of carbonyl (C=O) groups is 2. The van der Waals surface area contributed by atoms with Gasteiger partial charge in [-0.3, -0.25) is 4.79 Å². The predicted octanol–water partition coefficient (Wildman–Crippen LogP) is 1.12. The number of hydrogen-bond acceptors (Lipinski definition) is 5. The minimum absolute atomic E-state index is 0. The molecule has 1 heterocycles. The maximum absolute atomic E-state index is 11.6. The molecule has 2 N–H and O–H groups in total. The maximum atomic E-state index is 11.6. The molecule has 1 unspecified atom stereocenters. The fourth-order valence-electron chi connectivity index (χ4n) is 1.91. The zero-order valence-corrected chi connectivity index (χ0v) is 11.4. The first kappa shape index (κ1) is 15.5. The van der Waals surface area contributed by atoms with E-state index in [1.807, 2.05) is 0 Å². The second-order valence-electron chi connectivity index (χ2n) is 4.01. The Kier molecular flexibility index (Phi) is 5.32. The molecule has 1 aliphatic heterocycles. The van der Waals surface area contributed by atoms with E-state index in [1.54, 1.807) is 25.1 Å². The average Bonchev–Trinajstić information content (AvgIpc) is 2.80. The van der Waals surface area contributed by atoms with Crippen molar-refractivity contribution in [2.45, 2.75) is 19.4 Å². The molecule has 1 atom stereocenters. The number of nitrogens with two attached hydrogens (primary N) is 1. The number of fused-ring (bicyclic) bond motifs is 1. The summed E-state index contributed by atoms with van der Waals surface area (Å²) in [5, 5.41) is 0. The van der Waals surface area contributed by atoms with Gasteiger partial charge >= 0.3 is 5.97 Å². The second kappa shape index (κ2) is 6.54. The molecule has 19 heavy (non-hydrogen) atoms. The van der Waals surface area contributed by atoms with E-state index in [9.17, 15) is 9.59 Å². The summed E-state index contributed by atoms with van der Waals surface area (Å²) < 4.78 is 10.4. The number of esters is 1. The van der Waals surface area contributed by atoms with E-state index in [2.05, 4.69) is 0 Å². The third kappa shape index (κ3) is 3.24. The van der Waals surface area contributed by atoms with Gasteiger partial charge in [0.15, 0.2) is 11.9 Å². The largest absolute Gasteiger partial charge is 0.478 e. The van der Waals surface area contributed by atoms with E-state index in [-0.39, 0.29) is 30.7 Å². The van der Waals surface area contributed by atoms with Crippen molar-refractivity contribution >= 4 is 24.2 Å². The van der Waals surface area contributed by atoms with Crippen molar-refractivity contribution in [1.29, 1.82) is 0 Å². The van der Waals surface area contributed by atoms with Crippen LogP contribution in [-0.4, -0.2) is 31.0 Å². The SMILES string of the molecule is CCOC(=O)C1Cc2cc(C(=O)CN)ccc2O1.Cl. The van der Waals surface area contributed by atoms with Gasteiger partial charge in [0.05, 0.1) is 13.2 Å². The Labute approximate surface area is 117 Å². The Morgan fingerprint density at radius 2 is 2.21 bits per heavy atom. The van der Waals surface area contributed by atoms with E-state index in [0.717, 1.165) is 5.56 Å². The van der Waals surface area contributed by atoms with Crippen LogP contribution in [0.3, 0.4) is 0 Å².